The van der Waals surface area contributed by atoms with Crippen LogP contribution in [-0.2, 0) is 4.79 Å². The van der Waals surface area contributed by atoms with Crippen molar-refractivity contribution in [2.75, 3.05) is 6.54 Å². The molecule has 1 N–H and O–H groups in total. The lowest BCUT2D eigenvalue weighted by Gasteiger charge is -2.27. The van der Waals surface area contributed by atoms with Crippen LogP contribution in [0.5, 0.6) is 0 Å². The first-order valence-corrected chi connectivity index (χ1v) is 8.35. The van der Waals surface area contributed by atoms with E-state index in [1.54, 1.807) is 0 Å². The molecule has 1 amide bonds. The summed E-state index contributed by atoms with van der Waals surface area (Å²) in [5.41, 5.74) is 1.09. The predicted octanol–water partition coefficient (Wildman–Crippen LogP) is 2.94. The zero-order valence-electron chi connectivity index (χ0n) is 12.7. The Morgan fingerprint density at radius 2 is 1.76 bits per heavy atom. The minimum atomic E-state index is -0.153. The van der Waals surface area contributed by atoms with Crippen molar-refractivity contribution in [3.05, 3.63) is 35.9 Å². The topological polar surface area (TPSA) is 32.3 Å². The van der Waals surface area contributed by atoms with E-state index in [1.807, 2.05) is 30.3 Å². The lowest BCUT2D eigenvalue weighted by Crippen LogP contribution is -2.39. The van der Waals surface area contributed by atoms with E-state index in [1.165, 1.54) is 25.7 Å². The van der Waals surface area contributed by atoms with Gasteiger partial charge in [-0.05, 0) is 55.9 Å². The molecule has 0 bridgehead atoms. The molecule has 2 atom stereocenters. The second kappa shape index (κ2) is 5.13. The van der Waals surface area contributed by atoms with Gasteiger partial charge in [0.2, 0.25) is 5.91 Å². The third-order valence-corrected chi connectivity index (χ3v) is 5.40. The smallest absolute Gasteiger partial charge is 0.245 e. The average molecular weight is 284 g/mol. The van der Waals surface area contributed by atoms with Crippen molar-refractivity contribution in [3.63, 3.8) is 0 Å². The summed E-state index contributed by atoms with van der Waals surface area (Å²) >= 11 is 0. The van der Waals surface area contributed by atoms with Gasteiger partial charge in [0.05, 0.1) is 6.17 Å². The molecule has 2 saturated carbocycles. The Kier molecular flexibility index (Phi) is 3.26. The highest BCUT2D eigenvalue weighted by Gasteiger charge is 2.45. The third kappa shape index (κ3) is 2.59. The Bertz CT molecular complexity index is 509. The Hall–Kier alpha value is -1.35. The van der Waals surface area contributed by atoms with E-state index in [4.69, 9.17) is 0 Å². The van der Waals surface area contributed by atoms with E-state index in [9.17, 15) is 4.79 Å². The summed E-state index contributed by atoms with van der Waals surface area (Å²) in [6.07, 6.45) is 5.68. The van der Waals surface area contributed by atoms with E-state index in [0.29, 0.717) is 0 Å². The van der Waals surface area contributed by atoms with Gasteiger partial charge in [0.25, 0.3) is 0 Å². The van der Waals surface area contributed by atoms with Crippen molar-refractivity contribution in [2.45, 2.75) is 44.8 Å². The van der Waals surface area contributed by atoms with Crippen molar-refractivity contribution in [1.29, 1.82) is 0 Å². The molecule has 0 radical (unpaired) electrons. The molecule has 2 aliphatic carbocycles. The molecular weight excluding hydrogens is 260 g/mol. The van der Waals surface area contributed by atoms with Gasteiger partial charge in [-0.1, -0.05) is 30.3 Å². The number of rotatable bonds is 5. The normalized spacial score (nSPS) is 29.4. The lowest BCUT2D eigenvalue weighted by atomic mass is 9.97. The van der Waals surface area contributed by atoms with E-state index in [0.717, 1.165) is 29.9 Å². The van der Waals surface area contributed by atoms with Crippen LogP contribution in [0.1, 0.15) is 44.2 Å². The molecular formula is C18H24N2O. The number of carbonyl (C=O) groups excluding carboxylic acids is 1. The van der Waals surface area contributed by atoms with Gasteiger partial charge in [0.1, 0.15) is 6.04 Å². The van der Waals surface area contributed by atoms with Crippen LogP contribution < -0.4 is 5.32 Å². The van der Waals surface area contributed by atoms with E-state index in [2.05, 4.69) is 17.1 Å². The third-order valence-electron chi connectivity index (χ3n) is 5.40. The van der Waals surface area contributed by atoms with Crippen LogP contribution in [0.2, 0.25) is 0 Å². The van der Waals surface area contributed by atoms with Gasteiger partial charge in [0.15, 0.2) is 0 Å². The molecule has 2 unspecified atom stereocenters. The van der Waals surface area contributed by atoms with Gasteiger partial charge in [-0.25, -0.2) is 0 Å². The quantitative estimate of drug-likeness (QED) is 0.901. The van der Waals surface area contributed by atoms with Crippen molar-refractivity contribution in [2.24, 2.45) is 17.8 Å². The zero-order valence-corrected chi connectivity index (χ0v) is 12.7. The summed E-state index contributed by atoms with van der Waals surface area (Å²) in [5, 5.41) is 3.47. The number of benzene rings is 1. The average Bonchev–Trinajstić information content (AvgIpc) is 3.39. The number of nitrogens with one attached hydrogen (secondary N) is 1. The second-order valence-electron chi connectivity index (χ2n) is 7.02. The molecule has 1 aromatic carbocycles. The fraction of sp³-hybridized carbons (Fsp3) is 0.611. The molecule has 3 nitrogen and oxygen atoms in total. The lowest BCUT2D eigenvalue weighted by molar-refractivity contribution is -0.130. The van der Waals surface area contributed by atoms with Crippen LogP contribution in [0.4, 0.5) is 0 Å². The standard InChI is InChI=1S/C18H24N2O/c1-12-19-17(15-5-3-2-4-6-15)18(21)20(12)11-16(13-7-8-13)14-9-10-14/h2-6,12-14,16-17,19H,7-11H2,1H3. The maximum atomic E-state index is 12.8. The molecule has 3 aliphatic rings. The van der Waals surface area contributed by atoms with Gasteiger partial charge in [-0.2, -0.15) is 0 Å². The van der Waals surface area contributed by atoms with Gasteiger partial charge in [0, 0.05) is 6.54 Å². The summed E-state index contributed by atoms with van der Waals surface area (Å²) in [6, 6.07) is 9.96. The first kappa shape index (κ1) is 13.3. The summed E-state index contributed by atoms with van der Waals surface area (Å²) in [6.45, 7) is 3.09. The van der Waals surface area contributed by atoms with Crippen molar-refractivity contribution in [3.8, 4) is 0 Å². The Balaban J connectivity index is 1.49. The van der Waals surface area contributed by atoms with Gasteiger partial charge in [-0.3, -0.25) is 10.1 Å². The first-order chi connectivity index (χ1) is 10.2. The molecule has 1 aromatic rings. The largest absolute Gasteiger partial charge is 0.325 e. The minimum absolute atomic E-state index is 0.153. The molecule has 3 heteroatoms. The Morgan fingerprint density at radius 1 is 1.14 bits per heavy atom. The molecule has 1 aliphatic heterocycles. The highest BCUT2D eigenvalue weighted by Crippen LogP contribution is 2.49. The summed E-state index contributed by atoms with van der Waals surface area (Å²) in [5.74, 6) is 2.81. The number of hydrogen-bond acceptors (Lipinski definition) is 2. The number of carbonyl (C=O) groups is 1. The van der Waals surface area contributed by atoms with Crippen molar-refractivity contribution >= 4 is 5.91 Å². The summed E-state index contributed by atoms with van der Waals surface area (Å²) in [4.78, 5) is 14.9. The molecule has 4 rings (SSSR count). The maximum Gasteiger partial charge on any atom is 0.245 e. The first-order valence-electron chi connectivity index (χ1n) is 8.35. The van der Waals surface area contributed by atoms with Gasteiger partial charge >= 0.3 is 0 Å². The molecule has 21 heavy (non-hydrogen) atoms. The molecule has 1 saturated heterocycles. The zero-order chi connectivity index (χ0) is 14.4. The van der Waals surface area contributed by atoms with Crippen LogP contribution in [0.3, 0.4) is 0 Å². The van der Waals surface area contributed by atoms with Crippen LogP contribution in [0.15, 0.2) is 30.3 Å². The number of nitrogens with zero attached hydrogens (tertiary/aromatic N) is 1. The Labute approximate surface area is 126 Å². The summed E-state index contributed by atoms with van der Waals surface area (Å²) in [7, 11) is 0. The Morgan fingerprint density at radius 3 is 2.33 bits per heavy atom. The molecule has 1 heterocycles. The maximum absolute atomic E-state index is 12.8. The number of amides is 1. The SMILES string of the molecule is CC1NC(c2ccccc2)C(=O)N1CC(C1CC1)C1CC1. The molecule has 0 spiro atoms. The van der Waals surface area contributed by atoms with Gasteiger partial charge in [-0.15, -0.1) is 0 Å². The summed E-state index contributed by atoms with van der Waals surface area (Å²) < 4.78 is 0. The van der Waals surface area contributed by atoms with Crippen molar-refractivity contribution in [1.82, 2.24) is 10.2 Å². The van der Waals surface area contributed by atoms with Crippen LogP contribution in [-0.4, -0.2) is 23.5 Å². The highest BCUT2D eigenvalue weighted by molar-refractivity contribution is 5.85. The molecule has 0 aromatic heterocycles. The highest BCUT2D eigenvalue weighted by atomic mass is 16.2. The fourth-order valence-corrected chi connectivity index (χ4v) is 3.85. The van der Waals surface area contributed by atoms with Gasteiger partial charge < -0.3 is 4.90 Å². The molecule has 112 valence electrons. The van der Waals surface area contributed by atoms with Crippen LogP contribution >= 0.6 is 0 Å². The van der Waals surface area contributed by atoms with E-state index >= 15 is 0 Å². The monoisotopic (exact) mass is 284 g/mol. The predicted molar refractivity (Wildman–Crippen MR) is 82.4 cm³/mol. The molecule has 3 fully saturated rings. The number of hydrogen-bond donors (Lipinski definition) is 1. The van der Waals surface area contributed by atoms with E-state index < -0.39 is 0 Å². The van der Waals surface area contributed by atoms with Crippen LogP contribution in [0.25, 0.3) is 0 Å². The van der Waals surface area contributed by atoms with E-state index in [-0.39, 0.29) is 18.1 Å². The fourth-order valence-electron chi connectivity index (χ4n) is 3.85. The van der Waals surface area contributed by atoms with Crippen molar-refractivity contribution < 1.29 is 4.79 Å². The van der Waals surface area contributed by atoms with Crippen LogP contribution in [0, 0.1) is 17.8 Å². The minimum Gasteiger partial charge on any atom is -0.325 e. The second-order valence-corrected chi connectivity index (χ2v) is 7.02.